The molecule has 0 spiro atoms. The van der Waals surface area contributed by atoms with Crippen molar-refractivity contribution < 1.29 is 9.53 Å². The number of methoxy groups -OCH3 is 1. The van der Waals surface area contributed by atoms with Crippen molar-refractivity contribution >= 4 is 11.9 Å². The number of carbonyl (C=O) groups excluding carboxylic acids is 1. The van der Waals surface area contributed by atoms with Crippen LogP contribution in [0.3, 0.4) is 0 Å². The van der Waals surface area contributed by atoms with Crippen LogP contribution in [-0.4, -0.2) is 36.1 Å². The largest absolute Gasteiger partial charge is 0.469 e. The average molecular weight is 237 g/mol. The van der Waals surface area contributed by atoms with Gasteiger partial charge in [0.15, 0.2) is 0 Å². The molecule has 0 atom stereocenters. The van der Waals surface area contributed by atoms with E-state index in [0.717, 1.165) is 17.9 Å². The molecule has 0 aliphatic carbocycles. The van der Waals surface area contributed by atoms with Crippen molar-refractivity contribution in [1.82, 2.24) is 9.97 Å². The first-order valence-electron chi connectivity index (χ1n) is 5.70. The van der Waals surface area contributed by atoms with E-state index in [9.17, 15) is 4.79 Å². The van der Waals surface area contributed by atoms with E-state index >= 15 is 0 Å². The first-order valence-corrected chi connectivity index (χ1v) is 5.70. The van der Waals surface area contributed by atoms with Gasteiger partial charge in [0.25, 0.3) is 0 Å². The summed E-state index contributed by atoms with van der Waals surface area (Å²) in [5, 5.41) is 0. The van der Waals surface area contributed by atoms with Gasteiger partial charge in [-0.2, -0.15) is 0 Å². The maximum Gasteiger partial charge on any atom is 0.307 e. The van der Waals surface area contributed by atoms with E-state index in [-0.39, 0.29) is 5.97 Å². The average Bonchev–Trinajstić information content (AvgIpc) is 2.28. The Morgan fingerprint density at radius 3 is 2.41 bits per heavy atom. The van der Waals surface area contributed by atoms with Crippen LogP contribution in [0.2, 0.25) is 0 Å². The number of aromatic nitrogens is 2. The zero-order valence-electron chi connectivity index (χ0n) is 10.9. The molecule has 0 aliphatic heterocycles. The Morgan fingerprint density at radius 1 is 1.35 bits per heavy atom. The molecule has 0 unspecified atom stereocenters. The summed E-state index contributed by atoms with van der Waals surface area (Å²) in [4.78, 5) is 21.8. The predicted molar refractivity (Wildman–Crippen MR) is 66.0 cm³/mol. The zero-order chi connectivity index (χ0) is 12.8. The van der Waals surface area contributed by atoms with E-state index in [2.05, 4.69) is 14.7 Å². The van der Waals surface area contributed by atoms with Gasteiger partial charge in [0.05, 0.1) is 13.5 Å². The van der Waals surface area contributed by atoms with Crippen LogP contribution in [0.4, 0.5) is 5.95 Å². The first kappa shape index (κ1) is 13.4. The molecule has 1 aromatic rings. The molecule has 5 nitrogen and oxygen atoms in total. The van der Waals surface area contributed by atoms with Crippen molar-refractivity contribution in [3.63, 3.8) is 0 Å². The van der Waals surface area contributed by atoms with Crippen molar-refractivity contribution in [1.29, 1.82) is 0 Å². The van der Waals surface area contributed by atoms with Crippen molar-refractivity contribution in [3.05, 3.63) is 17.5 Å². The second-order valence-electron chi connectivity index (χ2n) is 3.86. The minimum Gasteiger partial charge on any atom is -0.469 e. The van der Waals surface area contributed by atoms with E-state index in [4.69, 9.17) is 0 Å². The number of rotatable bonds is 5. The number of ether oxygens (including phenoxy) is 1. The summed E-state index contributed by atoms with van der Waals surface area (Å²) in [6.07, 6.45) is 0.348. The van der Waals surface area contributed by atoms with E-state index in [1.807, 2.05) is 31.7 Å². The molecule has 5 heteroatoms. The zero-order valence-corrected chi connectivity index (χ0v) is 10.9. The molecule has 0 saturated heterocycles. The van der Waals surface area contributed by atoms with Crippen molar-refractivity contribution in [3.8, 4) is 0 Å². The molecule has 0 fully saturated rings. The Morgan fingerprint density at radius 2 is 1.94 bits per heavy atom. The fraction of sp³-hybridized carbons (Fsp3) is 0.583. The van der Waals surface area contributed by atoms with Crippen molar-refractivity contribution in [2.24, 2.45) is 0 Å². The molecule has 0 amide bonds. The molecular formula is C12H19N3O2. The summed E-state index contributed by atoms with van der Waals surface area (Å²) in [6, 6.07) is 1.93. The molecule has 0 radical (unpaired) electrons. The van der Waals surface area contributed by atoms with Gasteiger partial charge in [-0.05, 0) is 26.8 Å². The van der Waals surface area contributed by atoms with Gasteiger partial charge in [-0.25, -0.2) is 9.97 Å². The second kappa shape index (κ2) is 6.18. The fourth-order valence-corrected chi connectivity index (χ4v) is 1.58. The molecule has 0 aromatic carbocycles. The maximum atomic E-state index is 11.1. The lowest BCUT2D eigenvalue weighted by Crippen LogP contribution is -2.28. The minimum atomic E-state index is -0.215. The molecule has 0 N–H and O–H groups in total. The number of hydrogen-bond acceptors (Lipinski definition) is 5. The van der Waals surface area contributed by atoms with Gasteiger partial charge in [-0.3, -0.25) is 4.79 Å². The smallest absolute Gasteiger partial charge is 0.307 e. The van der Waals surface area contributed by atoms with Gasteiger partial charge in [0.2, 0.25) is 5.95 Å². The maximum absolute atomic E-state index is 11.1. The predicted octanol–water partition coefficient (Wildman–Crippen LogP) is 1.48. The summed E-state index contributed by atoms with van der Waals surface area (Å²) in [5.41, 5.74) is 1.87. The second-order valence-corrected chi connectivity index (χ2v) is 3.86. The SMILES string of the molecule is CCN(CCC(=O)OC)c1nc(C)cc(C)n1. The van der Waals surface area contributed by atoms with Crippen LogP contribution in [0.15, 0.2) is 6.07 Å². The normalized spacial score (nSPS) is 10.1. The van der Waals surface area contributed by atoms with E-state index < -0.39 is 0 Å². The van der Waals surface area contributed by atoms with Crippen LogP contribution < -0.4 is 4.90 Å². The molecule has 0 saturated carbocycles. The molecule has 94 valence electrons. The number of nitrogens with zero attached hydrogens (tertiary/aromatic N) is 3. The van der Waals surface area contributed by atoms with Crippen molar-refractivity contribution in [2.45, 2.75) is 27.2 Å². The van der Waals surface area contributed by atoms with Crippen LogP contribution in [-0.2, 0) is 9.53 Å². The third kappa shape index (κ3) is 4.01. The van der Waals surface area contributed by atoms with Gasteiger partial charge >= 0.3 is 5.97 Å². The standard InChI is InChI=1S/C12H19N3O2/c1-5-15(7-6-11(16)17-4)12-13-9(2)8-10(3)14-12/h8H,5-7H2,1-4H3. The third-order valence-electron chi connectivity index (χ3n) is 2.45. The lowest BCUT2D eigenvalue weighted by molar-refractivity contribution is -0.140. The molecular weight excluding hydrogens is 218 g/mol. The molecule has 1 rings (SSSR count). The molecule has 1 heterocycles. The molecule has 17 heavy (non-hydrogen) atoms. The number of aryl methyl sites for hydroxylation is 2. The fourth-order valence-electron chi connectivity index (χ4n) is 1.58. The van der Waals surface area contributed by atoms with E-state index in [1.165, 1.54) is 7.11 Å². The number of hydrogen-bond donors (Lipinski definition) is 0. The lowest BCUT2D eigenvalue weighted by Gasteiger charge is -2.20. The highest BCUT2D eigenvalue weighted by Gasteiger charge is 2.11. The molecule has 0 aliphatic rings. The molecule has 0 bridgehead atoms. The number of anilines is 1. The quantitative estimate of drug-likeness (QED) is 0.726. The monoisotopic (exact) mass is 237 g/mol. The van der Waals surface area contributed by atoms with Crippen molar-refractivity contribution in [2.75, 3.05) is 25.1 Å². The lowest BCUT2D eigenvalue weighted by atomic mass is 10.3. The van der Waals surface area contributed by atoms with E-state index in [1.54, 1.807) is 0 Å². The summed E-state index contributed by atoms with van der Waals surface area (Å²) in [5.74, 6) is 0.460. The summed E-state index contributed by atoms with van der Waals surface area (Å²) in [6.45, 7) is 7.23. The van der Waals surface area contributed by atoms with Gasteiger partial charge in [-0.15, -0.1) is 0 Å². The Kier molecular flexibility index (Phi) is 4.87. The highest BCUT2D eigenvalue weighted by Crippen LogP contribution is 2.10. The highest BCUT2D eigenvalue weighted by atomic mass is 16.5. The highest BCUT2D eigenvalue weighted by molar-refractivity contribution is 5.69. The Labute approximate surface area is 102 Å². The van der Waals surface area contributed by atoms with Crippen LogP contribution >= 0.6 is 0 Å². The minimum absolute atomic E-state index is 0.215. The Bertz CT molecular complexity index is 373. The van der Waals surface area contributed by atoms with Gasteiger partial charge in [0.1, 0.15) is 0 Å². The third-order valence-corrected chi connectivity index (χ3v) is 2.45. The van der Waals surface area contributed by atoms with Crippen LogP contribution in [0.5, 0.6) is 0 Å². The summed E-state index contributed by atoms with van der Waals surface area (Å²) >= 11 is 0. The van der Waals surface area contributed by atoms with Crippen LogP contribution in [0, 0.1) is 13.8 Å². The van der Waals surface area contributed by atoms with E-state index in [0.29, 0.717) is 18.9 Å². The molecule has 1 aromatic heterocycles. The first-order chi connectivity index (χ1) is 8.06. The topological polar surface area (TPSA) is 55.3 Å². The number of esters is 1. The Hall–Kier alpha value is -1.65. The van der Waals surface area contributed by atoms with Gasteiger partial charge in [-0.1, -0.05) is 0 Å². The Balaban J connectivity index is 2.75. The summed E-state index contributed by atoms with van der Waals surface area (Å²) < 4.78 is 4.62. The van der Waals surface area contributed by atoms with Crippen LogP contribution in [0.1, 0.15) is 24.7 Å². The number of carbonyl (C=O) groups is 1. The summed E-state index contributed by atoms with van der Waals surface area (Å²) in [7, 11) is 1.39. The van der Waals surface area contributed by atoms with Crippen LogP contribution in [0.25, 0.3) is 0 Å². The van der Waals surface area contributed by atoms with Gasteiger partial charge in [0, 0.05) is 24.5 Å². The van der Waals surface area contributed by atoms with Gasteiger partial charge < -0.3 is 9.64 Å².